The molecule has 3 saturated heterocycles. The normalized spacial score (nSPS) is 58.6. The molecule has 3 aliphatic rings. The fraction of sp³-hybridized carbons (Fsp3) is 0.778. The zero-order chi connectivity index (χ0) is 10.1. The fourth-order valence-electron chi connectivity index (χ4n) is 2.81. The summed E-state index contributed by atoms with van der Waals surface area (Å²) in [5.41, 5.74) is 0. The van der Waals surface area contributed by atoms with Gasteiger partial charge >= 0.3 is 5.97 Å². The summed E-state index contributed by atoms with van der Waals surface area (Å²) in [5.74, 6) is -1.07. The van der Waals surface area contributed by atoms with Crippen molar-refractivity contribution in [3.63, 3.8) is 0 Å². The molecule has 5 heteroatoms. The number of esters is 1. The smallest absolute Gasteiger partial charge is 0.313 e. The Morgan fingerprint density at radius 3 is 2.93 bits per heavy atom. The first kappa shape index (κ1) is 8.57. The zero-order valence-corrected chi connectivity index (χ0v) is 8.40. The van der Waals surface area contributed by atoms with Crippen LogP contribution in [0.25, 0.3) is 0 Å². The number of ether oxygens (including phenoxy) is 2. The molecule has 0 N–H and O–H groups in total. The molecule has 3 heterocycles. The highest BCUT2D eigenvalue weighted by atomic mass is 32.1. The number of hydrogen-bond acceptors (Lipinski definition) is 5. The average molecular weight is 211 g/mol. The molecule has 3 rings (SSSR count). The number of nitrogens with zero attached hydrogens (tertiary/aromatic N) is 1. The molecule has 2 bridgehead atoms. The molecule has 0 spiro atoms. The van der Waals surface area contributed by atoms with Gasteiger partial charge in [-0.05, 0) is 6.92 Å². The minimum atomic E-state index is -0.520. The van der Waals surface area contributed by atoms with E-state index < -0.39 is 10.7 Å². The molecule has 0 aromatic carbocycles. The van der Waals surface area contributed by atoms with Gasteiger partial charge < -0.3 is 9.47 Å². The Labute approximate surface area is 86.6 Å². The maximum atomic E-state index is 11.5. The van der Waals surface area contributed by atoms with Crippen LogP contribution < -0.4 is 0 Å². The highest BCUT2D eigenvalue weighted by Crippen LogP contribution is 2.56. The lowest BCUT2D eigenvalue weighted by Gasteiger charge is -2.30. The van der Waals surface area contributed by atoms with Gasteiger partial charge in [-0.2, -0.15) is 17.9 Å². The van der Waals surface area contributed by atoms with Crippen LogP contribution in [-0.2, 0) is 14.3 Å². The molecular weight excluding hydrogens is 202 g/mol. The summed E-state index contributed by atoms with van der Waals surface area (Å²) in [6.07, 6.45) is -0.806. The van der Waals surface area contributed by atoms with Crippen molar-refractivity contribution in [3.8, 4) is 6.07 Å². The number of nitriles is 1. The third kappa shape index (κ3) is 0.698. The van der Waals surface area contributed by atoms with Gasteiger partial charge in [0.2, 0.25) is 0 Å². The van der Waals surface area contributed by atoms with Gasteiger partial charge in [0.15, 0.2) is 0 Å². The second-order valence-corrected chi connectivity index (χ2v) is 5.25. The maximum Gasteiger partial charge on any atom is 0.313 e. The largest absolute Gasteiger partial charge is 0.458 e. The van der Waals surface area contributed by atoms with Crippen molar-refractivity contribution in [3.05, 3.63) is 0 Å². The van der Waals surface area contributed by atoms with Crippen molar-refractivity contribution in [2.45, 2.75) is 30.0 Å². The Morgan fingerprint density at radius 2 is 2.29 bits per heavy atom. The molecular formula is C9H9NO3S. The minimum Gasteiger partial charge on any atom is -0.458 e. The number of fused-ring (bicyclic) bond motifs is 1. The van der Waals surface area contributed by atoms with E-state index in [2.05, 4.69) is 18.7 Å². The fourth-order valence-corrected chi connectivity index (χ4v) is 3.23. The van der Waals surface area contributed by atoms with Crippen LogP contribution in [0, 0.1) is 23.2 Å². The SMILES string of the molecule is CC1(S)C2OC3C(C(=O)OC31)C2C#N. The topological polar surface area (TPSA) is 59.3 Å². The predicted octanol–water partition coefficient (Wildman–Crippen LogP) is 0.137. The van der Waals surface area contributed by atoms with Crippen molar-refractivity contribution < 1.29 is 14.3 Å². The molecule has 0 aromatic heterocycles. The summed E-state index contributed by atoms with van der Waals surface area (Å²) >= 11 is 4.46. The van der Waals surface area contributed by atoms with Crippen LogP contribution in [0.3, 0.4) is 0 Å². The number of carbonyl (C=O) groups is 1. The highest BCUT2D eigenvalue weighted by molar-refractivity contribution is 7.82. The van der Waals surface area contributed by atoms with Gasteiger partial charge in [0, 0.05) is 0 Å². The van der Waals surface area contributed by atoms with Gasteiger partial charge in [0.1, 0.15) is 18.1 Å². The first-order valence-electron chi connectivity index (χ1n) is 4.55. The summed E-state index contributed by atoms with van der Waals surface area (Å²) < 4.78 is 10.3. The van der Waals surface area contributed by atoms with E-state index in [0.717, 1.165) is 0 Å². The average Bonchev–Trinajstić information content (AvgIpc) is 2.68. The summed E-state index contributed by atoms with van der Waals surface area (Å²) in [4.78, 5) is 11.5. The van der Waals surface area contributed by atoms with E-state index in [4.69, 9.17) is 14.7 Å². The molecule has 3 aliphatic heterocycles. The zero-order valence-electron chi connectivity index (χ0n) is 7.51. The van der Waals surface area contributed by atoms with Crippen molar-refractivity contribution in [1.29, 1.82) is 5.26 Å². The molecule has 74 valence electrons. The number of carbonyl (C=O) groups excluding carboxylic acids is 1. The lowest BCUT2D eigenvalue weighted by Crippen LogP contribution is -2.47. The van der Waals surface area contributed by atoms with E-state index in [0.29, 0.717) is 0 Å². The van der Waals surface area contributed by atoms with Crippen molar-refractivity contribution >= 4 is 18.6 Å². The van der Waals surface area contributed by atoms with Crippen LogP contribution in [0.2, 0.25) is 0 Å². The van der Waals surface area contributed by atoms with Gasteiger partial charge in [-0.25, -0.2) is 0 Å². The number of thiol groups is 1. The van der Waals surface area contributed by atoms with Crippen LogP contribution in [0.1, 0.15) is 6.92 Å². The first-order chi connectivity index (χ1) is 6.57. The van der Waals surface area contributed by atoms with E-state index in [9.17, 15) is 4.79 Å². The van der Waals surface area contributed by atoms with E-state index in [1.807, 2.05) is 6.92 Å². The highest BCUT2D eigenvalue weighted by Gasteiger charge is 2.72. The lowest BCUT2D eigenvalue weighted by molar-refractivity contribution is -0.144. The van der Waals surface area contributed by atoms with Gasteiger partial charge in [-0.1, -0.05) is 0 Å². The molecule has 6 unspecified atom stereocenters. The quantitative estimate of drug-likeness (QED) is 0.457. The van der Waals surface area contributed by atoms with Crippen LogP contribution in [0.4, 0.5) is 0 Å². The molecule has 3 fully saturated rings. The molecule has 0 aromatic rings. The minimum absolute atomic E-state index is 0.250. The van der Waals surface area contributed by atoms with Crippen molar-refractivity contribution in [2.75, 3.05) is 0 Å². The molecule has 0 radical (unpaired) electrons. The Kier molecular flexibility index (Phi) is 1.38. The Hall–Kier alpha value is -0.730. The lowest BCUT2D eigenvalue weighted by atomic mass is 9.75. The van der Waals surface area contributed by atoms with E-state index in [1.165, 1.54) is 0 Å². The van der Waals surface area contributed by atoms with E-state index >= 15 is 0 Å². The van der Waals surface area contributed by atoms with E-state index in [-0.39, 0.29) is 30.2 Å². The first-order valence-corrected chi connectivity index (χ1v) is 5.00. The third-order valence-corrected chi connectivity index (χ3v) is 3.99. The molecule has 6 atom stereocenters. The van der Waals surface area contributed by atoms with Crippen LogP contribution >= 0.6 is 12.6 Å². The molecule has 0 aliphatic carbocycles. The van der Waals surface area contributed by atoms with Crippen LogP contribution in [0.15, 0.2) is 0 Å². The second kappa shape index (κ2) is 2.26. The van der Waals surface area contributed by atoms with Gasteiger partial charge in [-0.15, -0.1) is 0 Å². The second-order valence-electron chi connectivity index (χ2n) is 4.29. The summed E-state index contributed by atoms with van der Waals surface area (Å²) in [6.45, 7) is 1.87. The summed E-state index contributed by atoms with van der Waals surface area (Å²) in [7, 11) is 0. The molecule has 4 nitrogen and oxygen atoms in total. The number of rotatable bonds is 0. The van der Waals surface area contributed by atoms with Crippen molar-refractivity contribution in [1.82, 2.24) is 0 Å². The van der Waals surface area contributed by atoms with Gasteiger partial charge in [-0.3, -0.25) is 4.79 Å². The standard InChI is InChI=1S/C9H9NO3S/c1-9(14)6-3(2-10)4-5(12-6)7(9)13-8(4)11/h3-7,14H,1H3. The third-order valence-electron chi connectivity index (χ3n) is 3.49. The van der Waals surface area contributed by atoms with Gasteiger partial charge in [0.05, 0.1) is 22.8 Å². The molecule has 0 saturated carbocycles. The number of hydrogen-bond donors (Lipinski definition) is 1. The Bertz CT molecular complexity index is 362. The predicted molar refractivity (Wildman–Crippen MR) is 48.5 cm³/mol. The molecule has 0 amide bonds. The van der Waals surface area contributed by atoms with E-state index in [1.54, 1.807) is 0 Å². The molecule has 14 heavy (non-hydrogen) atoms. The monoisotopic (exact) mass is 211 g/mol. The summed E-state index contributed by atoms with van der Waals surface area (Å²) in [5, 5.41) is 8.99. The van der Waals surface area contributed by atoms with Crippen LogP contribution in [-0.4, -0.2) is 29.0 Å². The summed E-state index contributed by atoms with van der Waals surface area (Å²) in [6, 6.07) is 2.13. The van der Waals surface area contributed by atoms with Crippen molar-refractivity contribution in [2.24, 2.45) is 11.8 Å². The maximum absolute atomic E-state index is 11.5. The Morgan fingerprint density at radius 1 is 1.57 bits per heavy atom. The Balaban J connectivity index is 2.11. The van der Waals surface area contributed by atoms with Crippen LogP contribution in [0.5, 0.6) is 0 Å². The van der Waals surface area contributed by atoms with Gasteiger partial charge in [0.25, 0.3) is 0 Å².